The number of nitrogens with zero attached hydrogens (tertiary/aromatic N) is 4. The van der Waals surface area contributed by atoms with Crippen molar-refractivity contribution < 1.29 is 18.3 Å². The van der Waals surface area contributed by atoms with Crippen molar-refractivity contribution in [2.75, 3.05) is 25.4 Å². The lowest BCUT2D eigenvalue weighted by Gasteiger charge is -2.23. The Labute approximate surface area is 160 Å². The maximum absolute atomic E-state index is 12.6. The van der Waals surface area contributed by atoms with E-state index < -0.39 is 6.61 Å². The third-order valence-corrected chi connectivity index (χ3v) is 5.49. The minimum Gasteiger partial charge on any atom is -0.431 e. The molecule has 0 aromatic carbocycles. The predicted molar refractivity (Wildman–Crippen MR) is 98.1 cm³/mol. The summed E-state index contributed by atoms with van der Waals surface area (Å²) in [5.41, 5.74) is 7.72. The van der Waals surface area contributed by atoms with E-state index in [0.717, 1.165) is 25.1 Å². The SMILES string of the molecule is CCNC(=O)N1CC[C@@]2(CCn3nc(-c4cnc(N)c(OC(F)F)c4)cc32)C1. The van der Waals surface area contributed by atoms with Gasteiger partial charge in [-0.3, -0.25) is 4.68 Å². The minimum absolute atomic E-state index is 0.0471. The molecule has 1 spiro atoms. The first-order valence-electron chi connectivity index (χ1n) is 9.24. The molecule has 2 aliphatic heterocycles. The average molecular weight is 392 g/mol. The smallest absolute Gasteiger partial charge is 0.387 e. The molecule has 4 rings (SSSR count). The first-order valence-corrected chi connectivity index (χ1v) is 9.24. The molecule has 1 saturated heterocycles. The number of pyridine rings is 1. The molecule has 0 aliphatic carbocycles. The number of urea groups is 1. The lowest BCUT2D eigenvalue weighted by Crippen LogP contribution is -2.40. The van der Waals surface area contributed by atoms with Gasteiger partial charge in [0.15, 0.2) is 11.6 Å². The van der Waals surface area contributed by atoms with E-state index >= 15 is 0 Å². The van der Waals surface area contributed by atoms with Crippen LogP contribution >= 0.6 is 0 Å². The van der Waals surface area contributed by atoms with E-state index in [2.05, 4.69) is 20.1 Å². The molecule has 10 heteroatoms. The molecule has 0 saturated carbocycles. The molecule has 2 aliphatic rings. The minimum atomic E-state index is -2.98. The summed E-state index contributed by atoms with van der Waals surface area (Å²) in [7, 11) is 0. The lowest BCUT2D eigenvalue weighted by atomic mass is 9.82. The van der Waals surface area contributed by atoms with Crippen LogP contribution in [0, 0.1) is 0 Å². The Bertz CT molecular complexity index is 902. The number of ether oxygens (including phenoxy) is 1. The van der Waals surface area contributed by atoms with Gasteiger partial charge >= 0.3 is 12.6 Å². The largest absolute Gasteiger partial charge is 0.431 e. The fourth-order valence-corrected chi connectivity index (χ4v) is 4.11. The van der Waals surface area contributed by atoms with Crippen LogP contribution in [0.25, 0.3) is 11.3 Å². The van der Waals surface area contributed by atoms with E-state index in [4.69, 9.17) is 5.73 Å². The highest BCUT2D eigenvalue weighted by atomic mass is 19.3. The Hall–Kier alpha value is -2.91. The first-order chi connectivity index (χ1) is 13.4. The maximum Gasteiger partial charge on any atom is 0.387 e. The van der Waals surface area contributed by atoms with Crippen molar-refractivity contribution >= 4 is 11.8 Å². The third-order valence-electron chi connectivity index (χ3n) is 5.49. The summed E-state index contributed by atoms with van der Waals surface area (Å²) in [5.74, 6) is -0.265. The highest BCUT2D eigenvalue weighted by Gasteiger charge is 2.46. The molecule has 4 heterocycles. The van der Waals surface area contributed by atoms with Crippen molar-refractivity contribution in [2.24, 2.45) is 0 Å². The maximum atomic E-state index is 12.6. The van der Waals surface area contributed by atoms with E-state index in [1.54, 1.807) is 0 Å². The van der Waals surface area contributed by atoms with Gasteiger partial charge in [-0.2, -0.15) is 13.9 Å². The van der Waals surface area contributed by atoms with Crippen LogP contribution in [-0.4, -0.2) is 51.9 Å². The summed E-state index contributed by atoms with van der Waals surface area (Å²) in [5, 5.41) is 7.46. The summed E-state index contributed by atoms with van der Waals surface area (Å²) >= 11 is 0. The van der Waals surface area contributed by atoms with Crippen molar-refractivity contribution in [1.29, 1.82) is 0 Å². The second kappa shape index (κ2) is 6.92. The number of aromatic nitrogens is 3. The van der Waals surface area contributed by atoms with E-state index in [-0.39, 0.29) is 23.0 Å². The van der Waals surface area contributed by atoms with Gasteiger partial charge in [-0.25, -0.2) is 9.78 Å². The lowest BCUT2D eigenvalue weighted by molar-refractivity contribution is -0.0494. The quantitative estimate of drug-likeness (QED) is 0.831. The average Bonchev–Trinajstić information content (AvgIpc) is 3.34. The molecule has 8 nitrogen and oxygen atoms in total. The van der Waals surface area contributed by atoms with E-state index in [9.17, 15) is 13.6 Å². The van der Waals surface area contributed by atoms with Crippen molar-refractivity contribution in [3.63, 3.8) is 0 Å². The van der Waals surface area contributed by atoms with Gasteiger partial charge < -0.3 is 20.7 Å². The van der Waals surface area contributed by atoms with Gasteiger partial charge in [-0.1, -0.05) is 0 Å². The highest BCUT2D eigenvalue weighted by molar-refractivity contribution is 5.75. The molecule has 0 radical (unpaired) electrons. The summed E-state index contributed by atoms with van der Waals surface area (Å²) in [6.45, 7) is 1.60. The predicted octanol–water partition coefficient (Wildman–Crippen LogP) is 2.21. The molecule has 2 aromatic heterocycles. The Morgan fingerprint density at radius 1 is 1.39 bits per heavy atom. The van der Waals surface area contributed by atoms with Gasteiger partial charge in [0.05, 0.1) is 5.69 Å². The van der Waals surface area contributed by atoms with Crippen LogP contribution < -0.4 is 15.8 Å². The van der Waals surface area contributed by atoms with Crippen LogP contribution in [-0.2, 0) is 12.0 Å². The molecule has 2 amide bonds. The number of nitrogens with two attached hydrogens (primary N) is 1. The first kappa shape index (κ1) is 18.5. The molecular weight excluding hydrogens is 370 g/mol. The number of carbonyl (C=O) groups is 1. The van der Waals surface area contributed by atoms with Crippen LogP contribution in [0.1, 0.15) is 25.5 Å². The number of rotatable bonds is 4. The number of alkyl halides is 2. The van der Waals surface area contributed by atoms with Crippen molar-refractivity contribution in [1.82, 2.24) is 25.0 Å². The number of fused-ring (bicyclic) bond motifs is 2. The number of hydrogen-bond donors (Lipinski definition) is 2. The molecular formula is C18H22F2N6O2. The number of hydrogen-bond acceptors (Lipinski definition) is 5. The molecule has 2 aromatic rings. The Kier molecular flexibility index (Phi) is 4.56. The number of nitrogen functional groups attached to an aromatic ring is 1. The summed E-state index contributed by atoms with van der Waals surface area (Å²) in [6, 6.07) is 3.33. The van der Waals surface area contributed by atoms with Gasteiger partial charge in [-0.05, 0) is 31.9 Å². The van der Waals surface area contributed by atoms with E-state index in [1.807, 2.05) is 22.6 Å². The summed E-state index contributed by atoms with van der Waals surface area (Å²) in [4.78, 5) is 18.0. The highest BCUT2D eigenvalue weighted by Crippen LogP contribution is 2.44. The van der Waals surface area contributed by atoms with Crippen LogP contribution in [0.2, 0.25) is 0 Å². The molecule has 0 bridgehead atoms. The van der Waals surface area contributed by atoms with Gasteiger partial charge in [-0.15, -0.1) is 0 Å². The monoisotopic (exact) mass is 392 g/mol. The number of likely N-dealkylation sites (tertiary alicyclic amines) is 1. The van der Waals surface area contributed by atoms with Gasteiger partial charge in [0.1, 0.15) is 0 Å². The van der Waals surface area contributed by atoms with Crippen LogP contribution in [0.15, 0.2) is 18.3 Å². The van der Waals surface area contributed by atoms with Crippen molar-refractivity contribution in [3.05, 3.63) is 24.0 Å². The molecule has 1 fully saturated rings. The fourth-order valence-electron chi connectivity index (χ4n) is 4.11. The molecule has 150 valence electrons. The normalized spacial score (nSPS) is 20.8. The third kappa shape index (κ3) is 3.12. The van der Waals surface area contributed by atoms with E-state index in [0.29, 0.717) is 30.9 Å². The van der Waals surface area contributed by atoms with Crippen molar-refractivity contribution in [2.45, 2.75) is 38.3 Å². The fraction of sp³-hybridized carbons (Fsp3) is 0.500. The number of nitrogens with one attached hydrogen (secondary N) is 1. The second-order valence-electron chi connectivity index (χ2n) is 7.16. The molecule has 28 heavy (non-hydrogen) atoms. The van der Waals surface area contributed by atoms with Crippen LogP contribution in [0.4, 0.5) is 19.4 Å². The number of anilines is 1. The standard InChI is InChI=1S/C18H22F2N6O2/c1-2-22-17(27)25-5-3-18(10-25)4-6-26-14(18)8-12(24-26)11-7-13(28-16(19)20)15(21)23-9-11/h7-9,16H,2-6,10H2,1H3,(H2,21,23)(H,22,27)/t18-/m1/s1. The number of carbonyl (C=O) groups excluding carboxylic acids is 1. The zero-order valence-electron chi connectivity index (χ0n) is 15.5. The number of halogens is 2. The number of amides is 2. The molecule has 3 N–H and O–H groups in total. The zero-order chi connectivity index (χ0) is 19.9. The second-order valence-corrected chi connectivity index (χ2v) is 7.16. The van der Waals surface area contributed by atoms with Crippen LogP contribution in [0.5, 0.6) is 5.75 Å². The Morgan fingerprint density at radius 2 is 2.18 bits per heavy atom. The topological polar surface area (TPSA) is 98.3 Å². The summed E-state index contributed by atoms with van der Waals surface area (Å²) in [6.07, 6.45) is 3.29. The molecule has 0 unspecified atom stereocenters. The van der Waals surface area contributed by atoms with E-state index in [1.165, 1.54) is 12.3 Å². The zero-order valence-corrected chi connectivity index (χ0v) is 15.5. The van der Waals surface area contributed by atoms with Gasteiger partial charge in [0, 0.05) is 49.0 Å². The Balaban J connectivity index is 1.60. The van der Waals surface area contributed by atoms with Gasteiger partial charge in [0.2, 0.25) is 0 Å². The van der Waals surface area contributed by atoms with Crippen LogP contribution in [0.3, 0.4) is 0 Å². The van der Waals surface area contributed by atoms with Crippen molar-refractivity contribution in [3.8, 4) is 17.0 Å². The number of aryl methyl sites for hydroxylation is 1. The van der Waals surface area contributed by atoms with Gasteiger partial charge in [0.25, 0.3) is 0 Å². The summed E-state index contributed by atoms with van der Waals surface area (Å²) < 4.78 is 31.5. The molecule has 1 atom stereocenters. The Morgan fingerprint density at radius 3 is 2.93 bits per heavy atom.